The minimum Gasteiger partial charge on any atom is -0.388 e. The highest BCUT2D eigenvalue weighted by Crippen LogP contribution is 2.30. The largest absolute Gasteiger partial charge is 0.416 e. The molecule has 0 bridgehead atoms. The van der Waals surface area contributed by atoms with Crippen molar-refractivity contribution in [3.8, 4) is 0 Å². The molecule has 0 radical (unpaired) electrons. The zero-order valence-corrected chi connectivity index (χ0v) is 12.2. The minimum absolute atomic E-state index is 0.149. The molecule has 1 N–H and O–H groups in total. The molecule has 0 amide bonds. The van der Waals surface area contributed by atoms with Crippen LogP contribution < -0.4 is 0 Å². The minimum atomic E-state index is -4.38. The van der Waals surface area contributed by atoms with Crippen molar-refractivity contribution >= 4 is 15.9 Å². The first kappa shape index (κ1) is 16.0. The Morgan fingerprint density at radius 3 is 2.19 bits per heavy atom. The fourth-order valence-electron chi connectivity index (χ4n) is 1.89. The maximum atomic E-state index is 13.1. The van der Waals surface area contributed by atoms with Gasteiger partial charge < -0.3 is 5.11 Å². The molecule has 0 aliphatic rings. The lowest BCUT2D eigenvalue weighted by molar-refractivity contribution is -0.137. The molecule has 1 atom stereocenters. The molecule has 0 aromatic heterocycles. The second-order valence-electron chi connectivity index (χ2n) is 4.59. The van der Waals surface area contributed by atoms with Crippen molar-refractivity contribution in [3.63, 3.8) is 0 Å². The van der Waals surface area contributed by atoms with Gasteiger partial charge in [0.15, 0.2) is 0 Å². The van der Waals surface area contributed by atoms with Crippen LogP contribution in [0.3, 0.4) is 0 Å². The molecule has 0 fully saturated rings. The smallest absolute Gasteiger partial charge is 0.388 e. The first-order valence-corrected chi connectivity index (χ1v) is 6.86. The standard InChI is InChI=1S/C15H11BrF4O/c16-12-8-10(3-6-13(12)17)14(21)7-9-1-4-11(5-2-9)15(18,19)20/h1-6,8,14,21H,7H2. The van der Waals surface area contributed by atoms with Crippen molar-refractivity contribution in [3.05, 3.63) is 69.4 Å². The third-order valence-corrected chi connectivity index (χ3v) is 3.65. The monoisotopic (exact) mass is 362 g/mol. The second kappa shape index (κ2) is 6.15. The predicted molar refractivity (Wildman–Crippen MR) is 74.2 cm³/mol. The van der Waals surface area contributed by atoms with Crippen LogP contribution in [0, 0.1) is 5.82 Å². The van der Waals surface area contributed by atoms with Crippen LogP contribution in [-0.2, 0) is 12.6 Å². The molecule has 0 saturated carbocycles. The Morgan fingerprint density at radius 2 is 1.67 bits per heavy atom. The highest BCUT2D eigenvalue weighted by atomic mass is 79.9. The van der Waals surface area contributed by atoms with Crippen LogP contribution >= 0.6 is 15.9 Å². The molecule has 2 aromatic rings. The molecular weight excluding hydrogens is 352 g/mol. The zero-order valence-electron chi connectivity index (χ0n) is 10.7. The summed E-state index contributed by atoms with van der Waals surface area (Å²) < 4.78 is 50.7. The Morgan fingerprint density at radius 1 is 1.05 bits per heavy atom. The van der Waals surface area contributed by atoms with Gasteiger partial charge in [-0.25, -0.2) is 4.39 Å². The molecule has 0 heterocycles. The van der Waals surface area contributed by atoms with Gasteiger partial charge in [0.1, 0.15) is 5.82 Å². The van der Waals surface area contributed by atoms with E-state index in [-0.39, 0.29) is 10.9 Å². The summed E-state index contributed by atoms with van der Waals surface area (Å²) in [5.74, 6) is -0.444. The summed E-state index contributed by atoms with van der Waals surface area (Å²) in [5, 5.41) is 10.1. The van der Waals surface area contributed by atoms with Crippen molar-refractivity contribution in [1.29, 1.82) is 0 Å². The molecule has 2 aromatic carbocycles. The lowest BCUT2D eigenvalue weighted by Gasteiger charge is -2.13. The average molecular weight is 363 g/mol. The van der Waals surface area contributed by atoms with E-state index >= 15 is 0 Å². The van der Waals surface area contributed by atoms with Crippen molar-refractivity contribution < 1.29 is 22.7 Å². The van der Waals surface area contributed by atoms with Crippen LogP contribution in [0.4, 0.5) is 17.6 Å². The van der Waals surface area contributed by atoms with Crippen LogP contribution in [0.1, 0.15) is 22.8 Å². The van der Waals surface area contributed by atoms with E-state index in [9.17, 15) is 22.7 Å². The maximum absolute atomic E-state index is 13.1. The lowest BCUT2D eigenvalue weighted by atomic mass is 10.0. The van der Waals surface area contributed by atoms with Gasteiger partial charge in [-0.05, 0) is 51.3 Å². The fraction of sp³-hybridized carbons (Fsp3) is 0.200. The fourth-order valence-corrected chi connectivity index (χ4v) is 2.29. The van der Waals surface area contributed by atoms with Gasteiger partial charge >= 0.3 is 6.18 Å². The highest BCUT2D eigenvalue weighted by Gasteiger charge is 2.29. The molecule has 0 aliphatic heterocycles. The third kappa shape index (κ3) is 4.04. The third-order valence-electron chi connectivity index (χ3n) is 3.04. The van der Waals surface area contributed by atoms with Gasteiger partial charge in [-0.3, -0.25) is 0 Å². The van der Waals surface area contributed by atoms with Crippen molar-refractivity contribution in [2.24, 2.45) is 0 Å². The molecule has 6 heteroatoms. The summed E-state index contributed by atoms with van der Waals surface area (Å²) in [5.41, 5.74) is 0.324. The summed E-state index contributed by atoms with van der Waals surface area (Å²) in [4.78, 5) is 0. The van der Waals surface area contributed by atoms with E-state index in [2.05, 4.69) is 15.9 Å². The number of aliphatic hydroxyl groups excluding tert-OH is 1. The summed E-state index contributed by atoms with van der Waals surface area (Å²) in [6.07, 6.45) is -5.14. The van der Waals surface area contributed by atoms with Crippen molar-refractivity contribution in [2.45, 2.75) is 18.7 Å². The number of hydrogen-bond donors (Lipinski definition) is 1. The zero-order chi connectivity index (χ0) is 15.6. The normalized spacial score (nSPS) is 13.2. The second-order valence-corrected chi connectivity index (χ2v) is 5.44. The average Bonchev–Trinajstić information content (AvgIpc) is 2.41. The lowest BCUT2D eigenvalue weighted by Crippen LogP contribution is -2.06. The molecule has 112 valence electrons. The first-order chi connectivity index (χ1) is 9.77. The van der Waals surface area contributed by atoms with Gasteiger partial charge in [-0.15, -0.1) is 0 Å². The van der Waals surface area contributed by atoms with Crippen molar-refractivity contribution in [1.82, 2.24) is 0 Å². The number of alkyl halides is 3. The molecular formula is C15H11BrF4O. The molecule has 0 aliphatic carbocycles. The molecule has 0 spiro atoms. The summed E-state index contributed by atoms with van der Waals surface area (Å²) in [6, 6.07) is 8.70. The van der Waals surface area contributed by atoms with E-state index < -0.39 is 23.7 Å². The van der Waals surface area contributed by atoms with E-state index in [0.717, 1.165) is 12.1 Å². The van der Waals surface area contributed by atoms with Crippen LogP contribution in [0.2, 0.25) is 0 Å². The summed E-state index contributed by atoms with van der Waals surface area (Å²) in [7, 11) is 0. The van der Waals surface area contributed by atoms with Gasteiger partial charge in [0, 0.05) is 6.42 Å². The van der Waals surface area contributed by atoms with E-state index in [1.165, 1.54) is 30.3 Å². The van der Waals surface area contributed by atoms with Crippen LogP contribution in [0.15, 0.2) is 46.9 Å². The first-order valence-electron chi connectivity index (χ1n) is 6.06. The van der Waals surface area contributed by atoms with Crippen LogP contribution in [0.5, 0.6) is 0 Å². The van der Waals surface area contributed by atoms with Crippen molar-refractivity contribution in [2.75, 3.05) is 0 Å². The van der Waals surface area contributed by atoms with E-state index in [1.54, 1.807) is 0 Å². The summed E-state index contributed by atoms with van der Waals surface area (Å²) in [6.45, 7) is 0. The van der Waals surface area contributed by atoms with E-state index in [4.69, 9.17) is 0 Å². The van der Waals surface area contributed by atoms with Gasteiger partial charge in [0.25, 0.3) is 0 Å². The van der Waals surface area contributed by atoms with E-state index in [0.29, 0.717) is 11.1 Å². The number of hydrogen-bond acceptors (Lipinski definition) is 1. The Bertz CT molecular complexity index is 623. The number of benzene rings is 2. The number of aliphatic hydroxyl groups is 1. The number of halogens is 5. The molecule has 21 heavy (non-hydrogen) atoms. The van der Waals surface area contributed by atoms with Gasteiger partial charge in [-0.2, -0.15) is 13.2 Å². The van der Waals surface area contributed by atoms with Crippen LogP contribution in [0.25, 0.3) is 0 Å². The Kier molecular flexibility index (Phi) is 4.68. The molecule has 1 nitrogen and oxygen atoms in total. The highest BCUT2D eigenvalue weighted by molar-refractivity contribution is 9.10. The topological polar surface area (TPSA) is 20.2 Å². The maximum Gasteiger partial charge on any atom is 0.416 e. The number of rotatable bonds is 3. The van der Waals surface area contributed by atoms with Gasteiger partial charge in [-0.1, -0.05) is 18.2 Å². The Balaban J connectivity index is 2.12. The quantitative estimate of drug-likeness (QED) is 0.771. The Labute approximate surface area is 127 Å². The van der Waals surface area contributed by atoms with E-state index in [1.807, 2.05) is 0 Å². The Hall–Kier alpha value is -1.40. The van der Waals surface area contributed by atoms with Gasteiger partial charge in [0.2, 0.25) is 0 Å². The molecule has 1 unspecified atom stereocenters. The molecule has 2 rings (SSSR count). The van der Waals surface area contributed by atoms with Gasteiger partial charge in [0.05, 0.1) is 16.1 Å². The SMILES string of the molecule is OC(Cc1ccc(C(F)(F)F)cc1)c1ccc(F)c(Br)c1. The van der Waals surface area contributed by atoms with Crippen LogP contribution in [-0.4, -0.2) is 5.11 Å². The molecule has 0 saturated heterocycles. The predicted octanol–water partition coefficient (Wildman–Crippen LogP) is 4.88. The summed E-state index contributed by atoms with van der Waals surface area (Å²) >= 11 is 3.02.